The molecule has 106 valence electrons. The molecule has 19 heavy (non-hydrogen) atoms. The van der Waals surface area contributed by atoms with Gasteiger partial charge in [0, 0.05) is 0 Å². The van der Waals surface area contributed by atoms with Gasteiger partial charge < -0.3 is 0 Å². The predicted octanol–water partition coefficient (Wildman–Crippen LogP) is 3.41. The van der Waals surface area contributed by atoms with Crippen LogP contribution in [0.3, 0.4) is 0 Å². The molecule has 0 N–H and O–H groups in total. The number of rotatable bonds is 9. The topological polar surface area (TPSA) is 58.9 Å². The van der Waals surface area contributed by atoms with E-state index in [1.54, 1.807) is 12.2 Å². The van der Waals surface area contributed by atoms with Crippen molar-refractivity contribution in [3.05, 3.63) is 0 Å². The van der Waals surface area contributed by atoms with Crippen molar-refractivity contribution in [2.24, 2.45) is 21.8 Å². The van der Waals surface area contributed by atoms with Crippen molar-refractivity contribution in [3.8, 4) is 0 Å². The fourth-order valence-corrected chi connectivity index (χ4v) is 3.16. The Hall–Kier alpha value is -1.24. The number of hydrogen-bond acceptors (Lipinski definition) is 4. The zero-order valence-electron chi connectivity index (χ0n) is 11.8. The molecule has 4 heteroatoms. The smallest absolute Gasteiger partial charge is 0.211 e. The first-order valence-corrected chi connectivity index (χ1v) is 7.42. The lowest BCUT2D eigenvalue weighted by atomic mass is 9.92. The van der Waals surface area contributed by atoms with Crippen LogP contribution in [0.4, 0.5) is 0 Å². The second kappa shape index (κ2) is 9.66. The molecule has 1 aliphatic carbocycles. The standard InChI is InChI=1S/C15H24N2O2/c1-2-5-15(17-12-19)14-8-7-13(10-14)6-3-4-9-16-11-18/h13-15H,2-10H2,1H3. The van der Waals surface area contributed by atoms with Crippen molar-refractivity contribution in [2.45, 2.75) is 64.3 Å². The number of hydrogen-bond donors (Lipinski definition) is 0. The van der Waals surface area contributed by atoms with E-state index < -0.39 is 0 Å². The summed E-state index contributed by atoms with van der Waals surface area (Å²) < 4.78 is 0. The second-order valence-corrected chi connectivity index (χ2v) is 5.48. The maximum atomic E-state index is 10.5. The van der Waals surface area contributed by atoms with E-state index in [4.69, 9.17) is 0 Å². The van der Waals surface area contributed by atoms with E-state index in [9.17, 15) is 9.59 Å². The Morgan fingerprint density at radius 2 is 2.05 bits per heavy atom. The lowest BCUT2D eigenvalue weighted by molar-refractivity contribution is 0.380. The molecule has 4 nitrogen and oxygen atoms in total. The molecule has 1 aliphatic rings. The highest BCUT2D eigenvalue weighted by molar-refractivity contribution is 5.33. The van der Waals surface area contributed by atoms with Gasteiger partial charge in [-0.1, -0.05) is 32.6 Å². The summed E-state index contributed by atoms with van der Waals surface area (Å²) in [4.78, 5) is 28.0. The van der Waals surface area contributed by atoms with Crippen LogP contribution in [0.5, 0.6) is 0 Å². The number of isocyanates is 2. The molecule has 0 aromatic rings. The van der Waals surface area contributed by atoms with E-state index in [0.717, 1.165) is 31.6 Å². The molecule has 1 saturated carbocycles. The molecule has 3 unspecified atom stereocenters. The lowest BCUT2D eigenvalue weighted by Gasteiger charge is -2.17. The SMILES string of the molecule is CCCC(N=C=O)C1CCC(CCCCN=C=O)C1. The molecule has 0 spiro atoms. The normalized spacial score (nSPS) is 23.4. The quantitative estimate of drug-likeness (QED) is 0.364. The number of carbonyl (C=O) groups excluding carboxylic acids is 2. The molecular weight excluding hydrogens is 240 g/mol. The van der Waals surface area contributed by atoms with Crippen LogP contribution in [0.2, 0.25) is 0 Å². The average molecular weight is 264 g/mol. The van der Waals surface area contributed by atoms with Gasteiger partial charge in [-0.25, -0.2) is 19.6 Å². The largest absolute Gasteiger partial charge is 0.235 e. The molecule has 1 fully saturated rings. The van der Waals surface area contributed by atoms with Crippen molar-refractivity contribution < 1.29 is 9.59 Å². The first-order chi connectivity index (χ1) is 9.31. The maximum Gasteiger partial charge on any atom is 0.235 e. The van der Waals surface area contributed by atoms with Gasteiger partial charge in [-0.05, 0) is 37.5 Å². The van der Waals surface area contributed by atoms with Gasteiger partial charge in [0.25, 0.3) is 0 Å². The number of aliphatic imine (C=N–C) groups is 2. The fraction of sp³-hybridized carbons (Fsp3) is 0.867. The van der Waals surface area contributed by atoms with Gasteiger partial charge in [0.2, 0.25) is 12.2 Å². The molecule has 3 atom stereocenters. The van der Waals surface area contributed by atoms with Crippen LogP contribution in [0, 0.1) is 11.8 Å². The van der Waals surface area contributed by atoms with Crippen molar-refractivity contribution in [3.63, 3.8) is 0 Å². The molecule has 0 bridgehead atoms. The van der Waals surface area contributed by atoms with Gasteiger partial charge >= 0.3 is 0 Å². The van der Waals surface area contributed by atoms with Crippen LogP contribution in [0.25, 0.3) is 0 Å². The average Bonchev–Trinajstić information content (AvgIpc) is 2.87. The van der Waals surface area contributed by atoms with Gasteiger partial charge in [-0.3, -0.25) is 0 Å². The van der Waals surface area contributed by atoms with E-state index in [1.807, 2.05) is 0 Å². The van der Waals surface area contributed by atoms with Gasteiger partial charge in [-0.15, -0.1) is 0 Å². The molecule has 0 amide bonds. The Morgan fingerprint density at radius 3 is 2.74 bits per heavy atom. The minimum Gasteiger partial charge on any atom is -0.211 e. The maximum absolute atomic E-state index is 10.5. The van der Waals surface area contributed by atoms with Crippen molar-refractivity contribution >= 4 is 12.2 Å². The fourth-order valence-electron chi connectivity index (χ4n) is 3.16. The predicted molar refractivity (Wildman–Crippen MR) is 74.5 cm³/mol. The zero-order chi connectivity index (χ0) is 13.9. The van der Waals surface area contributed by atoms with Crippen molar-refractivity contribution in [1.29, 1.82) is 0 Å². The van der Waals surface area contributed by atoms with Gasteiger partial charge in [0.1, 0.15) is 0 Å². The minimum absolute atomic E-state index is 0.187. The summed E-state index contributed by atoms with van der Waals surface area (Å²) in [7, 11) is 0. The third-order valence-electron chi connectivity index (χ3n) is 4.13. The molecular formula is C15H24N2O2. The summed E-state index contributed by atoms with van der Waals surface area (Å²) in [6.45, 7) is 2.74. The summed E-state index contributed by atoms with van der Waals surface area (Å²) in [5.41, 5.74) is 0. The summed E-state index contributed by atoms with van der Waals surface area (Å²) in [5.74, 6) is 1.32. The first kappa shape index (κ1) is 15.8. The van der Waals surface area contributed by atoms with E-state index >= 15 is 0 Å². The Kier molecular flexibility index (Phi) is 8.04. The molecule has 0 radical (unpaired) electrons. The summed E-state index contributed by atoms with van der Waals surface area (Å²) in [6, 6.07) is 0.187. The van der Waals surface area contributed by atoms with Crippen molar-refractivity contribution in [1.82, 2.24) is 0 Å². The Balaban J connectivity index is 2.27. The van der Waals surface area contributed by atoms with Gasteiger partial charge in [-0.2, -0.15) is 0 Å². The van der Waals surface area contributed by atoms with Gasteiger partial charge in [0.05, 0.1) is 12.6 Å². The van der Waals surface area contributed by atoms with Crippen LogP contribution in [0.15, 0.2) is 9.98 Å². The van der Waals surface area contributed by atoms with Crippen LogP contribution in [-0.4, -0.2) is 24.7 Å². The molecule has 0 heterocycles. The molecule has 0 saturated heterocycles. The number of unbranched alkanes of at least 4 members (excludes halogenated alkanes) is 1. The Labute approximate surface area is 115 Å². The third kappa shape index (κ3) is 5.96. The summed E-state index contributed by atoms with van der Waals surface area (Å²) >= 11 is 0. The highest BCUT2D eigenvalue weighted by Crippen LogP contribution is 2.38. The van der Waals surface area contributed by atoms with Gasteiger partial charge in [0.15, 0.2) is 0 Å². The summed E-state index contributed by atoms with van der Waals surface area (Å²) in [6.07, 6.45) is 12.3. The molecule has 0 aliphatic heterocycles. The first-order valence-electron chi connectivity index (χ1n) is 7.42. The zero-order valence-corrected chi connectivity index (χ0v) is 11.8. The Bertz CT molecular complexity index is 344. The molecule has 1 rings (SSSR count). The third-order valence-corrected chi connectivity index (χ3v) is 4.13. The second-order valence-electron chi connectivity index (χ2n) is 5.48. The summed E-state index contributed by atoms with van der Waals surface area (Å²) in [5, 5.41) is 0. The molecule has 0 aromatic heterocycles. The van der Waals surface area contributed by atoms with Crippen LogP contribution >= 0.6 is 0 Å². The minimum atomic E-state index is 0.187. The molecule has 0 aromatic carbocycles. The highest BCUT2D eigenvalue weighted by atomic mass is 16.1. The highest BCUT2D eigenvalue weighted by Gasteiger charge is 2.29. The lowest BCUT2D eigenvalue weighted by Crippen LogP contribution is -2.16. The monoisotopic (exact) mass is 264 g/mol. The van der Waals surface area contributed by atoms with Crippen LogP contribution < -0.4 is 0 Å². The van der Waals surface area contributed by atoms with E-state index in [0.29, 0.717) is 12.5 Å². The van der Waals surface area contributed by atoms with Crippen LogP contribution in [-0.2, 0) is 9.59 Å². The van der Waals surface area contributed by atoms with E-state index in [1.165, 1.54) is 25.7 Å². The van der Waals surface area contributed by atoms with Crippen LogP contribution in [0.1, 0.15) is 58.3 Å². The Morgan fingerprint density at radius 1 is 1.21 bits per heavy atom. The number of nitrogens with zero attached hydrogens (tertiary/aromatic N) is 2. The van der Waals surface area contributed by atoms with E-state index in [-0.39, 0.29) is 6.04 Å². The van der Waals surface area contributed by atoms with Crippen molar-refractivity contribution in [2.75, 3.05) is 6.54 Å². The van der Waals surface area contributed by atoms with E-state index in [2.05, 4.69) is 16.9 Å².